The second-order valence-corrected chi connectivity index (χ2v) is 10.9. The number of hydrogen-bond donors (Lipinski definition) is 2. The Morgan fingerprint density at radius 2 is 1.19 bits per heavy atom. The molecule has 0 aromatic rings. The standard InChI is InChI=1S/C26H50N2O3/c1-10-11-21(25(30)27-16-20(8)9)15-24(29)23(14-19(6)7)28-26(31)22(12-17(2)3)13-18(4)5/h17-23H,10-16H2,1-9H3,(H,27,30)(H,28,31). The van der Waals surface area contributed by atoms with Crippen LogP contribution in [0.15, 0.2) is 0 Å². The molecule has 0 aliphatic carbocycles. The maximum atomic E-state index is 13.2. The fraction of sp³-hybridized carbons (Fsp3) is 0.885. The van der Waals surface area contributed by atoms with Gasteiger partial charge in [0.1, 0.15) is 0 Å². The van der Waals surface area contributed by atoms with Crippen LogP contribution in [0.25, 0.3) is 0 Å². The minimum absolute atomic E-state index is 0.0160. The summed E-state index contributed by atoms with van der Waals surface area (Å²) < 4.78 is 0. The van der Waals surface area contributed by atoms with E-state index in [0.717, 1.165) is 19.3 Å². The Bertz CT molecular complexity index is 531. The van der Waals surface area contributed by atoms with Crippen molar-refractivity contribution in [2.24, 2.45) is 35.5 Å². The van der Waals surface area contributed by atoms with Crippen molar-refractivity contribution < 1.29 is 14.4 Å². The number of ketones is 1. The highest BCUT2D eigenvalue weighted by molar-refractivity contribution is 5.92. The highest BCUT2D eigenvalue weighted by Gasteiger charge is 2.30. The Morgan fingerprint density at radius 1 is 0.677 bits per heavy atom. The zero-order chi connectivity index (χ0) is 24.1. The number of rotatable bonds is 16. The molecule has 31 heavy (non-hydrogen) atoms. The van der Waals surface area contributed by atoms with Crippen molar-refractivity contribution in [3.63, 3.8) is 0 Å². The van der Waals surface area contributed by atoms with Crippen molar-refractivity contribution in [2.75, 3.05) is 6.54 Å². The minimum Gasteiger partial charge on any atom is -0.356 e. The van der Waals surface area contributed by atoms with Gasteiger partial charge in [-0.2, -0.15) is 0 Å². The van der Waals surface area contributed by atoms with Crippen LogP contribution in [-0.2, 0) is 14.4 Å². The number of carbonyl (C=O) groups excluding carboxylic acids is 3. The van der Waals surface area contributed by atoms with Crippen molar-refractivity contribution in [3.05, 3.63) is 0 Å². The van der Waals surface area contributed by atoms with E-state index >= 15 is 0 Å². The van der Waals surface area contributed by atoms with Gasteiger partial charge < -0.3 is 10.6 Å². The fourth-order valence-electron chi connectivity index (χ4n) is 3.99. The van der Waals surface area contributed by atoms with E-state index in [1.165, 1.54) is 0 Å². The van der Waals surface area contributed by atoms with E-state index in [2.05, 4.69) is 66.0 Å². The van der Waals surface area contributed by atoms with Gasteiger partial charge in [0, 0.05) is 24.8 Å². The van der Waals surface area contributed by atoms with Gasteiger partial charge in [0.05, 0.1) is 6.04 Å². The summed E-state index contributed by atoms with van der Waals surface area (Å²) >= 11 is 0. The highest BCUT2D eigenvalue weighted by Crippen LogP contribution is 2.22. The van der Waals surface area contributed by atoms with E-state index in [1.54, 1.807) is 0 Å². The highest BCUT2D eigenvalue weighted by atomic mass is 16.2. The molecular formula is C26H50N2O3. The van der Waals surface area contributed by atoms with Gasteiger partial charge in [0.15, 0.2) is 5.78 Å². The molecule has 0 spiro atoms. The van der Waals surface area contributed by atoms with Crippen LogP contribution in [0.2, 0.25) is 0 Å². The average Bonchev–Trinajstić information content (AvgIpc) is 2.63. The summed E-state index contributed by atoms with van der Waals surface area (Å²) in [6, 6.07) is -0.522. The lowest BCUT2D eigenvalue weighted by Crippen LogP contribution is -2.46. The van der Waals surface area contributed by atoms with Gasteiger partial charge >= 0.3 is 0 Å². The van der Waals surface area contributed by atoms with Crippen molar-refractivity contribution in [1.29, 1.82) is 0 Å². The molecule has 0 radical (unpaired) electrons. The van der Waals surface area contributed by atoms with Crippen LogP contribution in [0.1, 0.15) is 101 Å². The third-order valence-corrected chi connectivity index (χ3v) is 5.43. The topological polar surface area (TPSA) is 75.3 Å². The molecular weight excluding hydrogens is 388 g/mol. The van der Waals surface area contributed by atoms with E-state index in [4.69, 9.17) is 0 Å². The Hall–Kier alpha value is -1.39. The summed E-state index contributed by atoms with van der Waals surface area (Å²) in [6.07, 6.45) is 3.97. The Balaban J connectivity index is 5.33. The van der Waals surface area contributed by atoms with Crippen molar-refractivity contribution >= 4 is 17.6 Å². The predicted octanol–water partition coefficient (Wildman–Crippen LogP) is 5.37. The number of hydrogen-bond acceptors (Lipinski definition) is 3. The lowest BCUT2D eigenvalue weighted by Gasteiger charge is -2.26. The Labute approximate surface area is 191 Å². The molecule has 0 fully saturated rings. The molecule has 182 valence electrons. The smallest absolute Gasteiger partial charge is 0.223 e. The largest absolute Gasteiger partial charge is 0.356 e. The molecule has 2 unspecified atom stereocenters. The molecule has 5 nitrogen and oxygen atoms in total. The number of amides is 2. The lowest BCUT2D eigenvalue weighted by molar-refractivity contribution is -0.133. The maximum absolute atomic E-state index is 13.2. The summed E-state index contributed by atoms with van der Waals surface area (Å²) in [5.41, 5.74) is 0. The number of Topliss-reactive ketones (excluding diaryl/α,β-unsaturated/α-hetero) is 1. The average molecular weight is 439 g/mol. The molecule has 0 aliphatic rings. The number of carbonyl (C=O) groups is 3. The van der Waals surface area contributed by atoms with Crippen LogP contribution in [0, 0.1) is 35.5 Å². The van der Waals surface area contributed by atoms with Crippen molar-refractivity contribution in [3.8, 4) is 0 Å². The Kier molecular flexibility index (Phi) is 14.7. The molecule has 0 rings (SSSR count). The fourth-order valence-corrected chi connectivity index (χ4v) is 3.99. The molecule has 0 saturated heterocycles. The SMILES string of the molecule is CCCC(CC(=O)C(CC(C)C)NC(=O)C(CC(C)C)CC(C)C)C(=O)NCC(C)C. The van der Waals surface area contributed by atoms with Crippen molar-refractivity contribution in [2.45, 2.75) is 107 Å². The third-order valence-electron chi connectivity index (χ3n) is 5.43. The van der Waals surface area contributed by atoms with Gasteiger partial charge in [-0.1, -0.05) is 68.7 Å². The molecule has 2 amide bonds. The van der Waals surface area contributed by atoms with Gasteiger partial charge in [0.2, 0.25) is 11.8 Å². The Morgan fingerprint density at radius 3 is 1.61 bits per heavy atom. The molecule has 2 atom stereocenters. The van der Waals surface area contributed by atoms with Crippen LogP contribution in [0.5, 0.6) is 0 Å². The number of nitrogens with one attached hydrogen (secondary N) is 2. The quantitative estimate of drug-likeness (QED) is 0.340. The summed E-state index contributed by atoms with van der Waals surface area (Å²) in [7, 11) is 0. The molecule has 0 saturated carbocycles. The summed E-state index contributed by atoms with van der Waals surface area (Å²) in [6.45, 7) is 19.4. The van der Waals surface area contributed by atoms with Crippen LogP contribution in [0.4, 0.5) is 0 Å². The van der Waals surface area contributed by atoms with Gasteiger partial charge in [0.25, 0.3) is 0 Å². The summed E-state index contributed by atoms with van der Waals surface area (Å²) in [4.78, 5) is 38.9. The monoisotopic (exact) mass is 438 g/mol. The molecule has 0 aromatic carbocycles. The van der Waals surface area contributed by atoms with E-state index in [0.29, 0.717) is 37.1 Å². The predicted molar refractivity (Wildman–Crippen MR) is 130 cm³/mol. The molecule has 2 N–H and O–H groups in total. The van der Waals surface area contributed by atoms with E-state index in [9.17, 15) is 14.4 Å². The molecule has 0 bridgehead atoms. The minimum atomic E-state index is -0.522. The van der Waals surface area contributed by atoms with Gasteiger partial charge in [-0.3, -0.25) is 14.4 Å². The van der Waals surface area contributed by atoms with E-state index in [1.807, 2.05) is 6.92 Å². The molecule has 0 heterocycles. The van der Waals surface area contributed by atoms with Crippen molar-refractivity contribution in [1.82, 2.24) is 10.6 Å². The van der Waals surface area contributed by atoms with Gasteiger partial charge in [-0.05, 0) is 49.4 Å². The zero-order valence-electron chi connectivity index (χ0n) is 21.7. The van der Waals surface area contributed by atoms with Crippen LogP contribution in [0.3, 0.4) is 0 Å². The maximum Gasteiger partial charge on any atom is 0.223 e. The van der Waals surface area contributed by atoms with Crippen LogP contribution >= 0.6 is 0 Å². The first-order valence-electron chi connectivity index (χ1n) is 12.5. The normalized spacial score (nSPS) is 13.9. The lowest BCUT2D eigenvalue weighted by atomic mass is 9.87. The second-order valence-electron chi connectivity index (χ2n) is 10.9. The van der Waals surface area contributed by atoms with Crippen LogP contribution in [-0.4, -0.2) is 30.2 Å². The van der Waals surface area contributed by atoms with Crippen LogP contribution < -0.4 is 10.6 Å². The van der Waals surface area contributed by atoms with Gasteiger partial charge in [-0.15, -0.1) is 0 Å². The first-order valence-corrected chi connectivity index (χ1v) is 12.5. The summed E-state index contributed by atoms with van der Waals surface area (Å²) in [5.74, 6) is 1.01. The summed E-state index contributed by atoms with van der Waals surface area (Å²) in [5, 5.41) is 6.05. The van der Waals surface area contributed by atoms with E-state index < -0.39 is 6.04 Å². The first kappa shape index (κ1) is 29.6. The zero-order valence-corrected chi connectivity index (χ0v) is 21.7. The van der Waals surface area contributed by atoms with E-state index in [-0.39, 0.29) is 41.8 Å². The van der Waals surface area contributed by atoms with Gasteiger partial charge in [-0.25, -0.2) is 0 Å². The molecule has 5 heteroatoms. The second kappa shape index (κ2) is 15.4. The molecule has 0 aliphatic heterocycles. The molecule has 0 aromatic heterocycles. The first-order chi connectivity index (χ1) is 14.4. The third kappa shape index (κ3) is 13.6.